The molecule has 166 valence electrons. The summed E-state index contributed by atoms with van der Waals surface area (Å²) in [4.78, 5) is 33.4. The number of rotatable bonds is 5. The fourth-order valence-electron chi connectivity index (χ4n) is 4.44. The van der Waals surface area contributed by atoms with Crippen molar-refractivity contribution in [3.63, 3.8) is 0 Å². The molecule has 0 bridgehead atoms. The number of anilines is 1. The molecule has 1 aliphatic rings. The molecule has 6 nitrogen and oxygen atoms in total. The molecule has 33 heavy (non-hydrogen) atoms. The van der Waals surface area contributed by atoms with Gasteiger partial charge in [0.15, 0.2) is 0 Å². The van der Waals surface area contributed by atoms with E-state index in [1.165, 1.54) is 0 Å². The molecule has 2 atom stereocenters. The third-order valence-corrected chi connectivity index (χ3v) is 6.26. The Labute approximate surface area is 196 Å². The first-order valence-corrected chi connectivity index (χ1v) is 11.3. The topological polar surface area (TPSA) is 67.2 Å². The van der Waals surface area contributed by atoms with Crippen molar-refractivity contribution < 1.29 is 9.59 Å². The van der Waals surface area contributed by atoms with Crippen LogP contribution in [0.15, 0.2) is 78.9 Å². The number of nitrogens with one attached hydrogen (secondary N) is 1. The number of nitrogens with zero attached hydrogens (tertiary/aromatic N) is 3. The standard InChI is InChI=1S/C26H23ClN4O2/c1-17-25-29-21-12-5-6-13-22(21)31(25)23(15-24(32)28-20-11-7-10-19(27)14-20)26(33)30(17)16-18-8-3-2-4-9-18/h2-14,17,23H,15-16H2,1H3,(H,28,32). The normalized spacial score (nSPS) is 17.8. The van der Waals surface area contributed by atoms with Gasteiger partial charge in [-0.3, -0.25) is 9.59 Å². The third-order valence-electron chi connectivity index (χ3n) is 6.03. The van der Waals surface area contributed by atoms with Gasteiger partial charge in [0.25, 0.3) is 0 Å². The second-order valence-electron chi connectivity index (χ2n) is 8.23. The van der Waals surface area contributed by atoms with Crippen LogP contribution in [-0.2, 0) is 16.1 Å². The molecule has 2 heterocycles. The summed E-state index contributed by atoms with van der Waals surface area (Å²) in [6.45, 7) is 2.44. The van der Waals surface area contributed by atoms with Gasteiger partial charge < -0.3 is 14.8 Å². The minimum Gasteiger partial charge on any atom is -0.327 e. The lowest BCUT2D eigenvalue weighted by Gasteiger charge is -2.38. The van der Waals surface area contributed by atoms with E-state index in [9.17, 15) is 9.59 Å². The zero-order valence-corrected chi connectivity index (χ0v) is 18.9. The molecular formula is C26H23ClN4O2. The first kappa shape index (κ1) is 21.2. The lowest BCUT2D eigenvalue weighted by atomic mass is 10.0. The van der Waals surface area contributed by atoms with Crippen molar-refractivity contribution >= 4 is 40.1 Å². The molecule has 1 N–H and O–H groups in total. The van der Waals surface area contributed by atoms with Gasteiger partial charge in [-0.05, 0) is 42.8 Å². The molecule has 7 heteroatoms. The van der Waals surface area contributed by atoms with Crippen LogP contribution in [0.25, 0.3) is 11.0 Å². The summed E-state index contributed by atoms with van der Waals surface area (Å²) in [6.07, 6.45) is -0.00326. The van der Waals surface area contributed by atoms with Crippen molar-refractivity contribution in [2.24, 2.45) is 0 Å². The highest BCUT2D eigenvalue weighted by molar-refractivity contribution is 6.30. The maximum absolute atomic E-state index is 13.8. The number of amides is 2. The predicted octanol–water partition coefficient (Wildman–Crippen LogP) is 5.36. The van der Waals surface area contributed by atoms with Crippen molar-refractivity contribution in [1.82, 2.24) is 14.5 Å². The zero-order valence-electron chi connectivity index (χ0n) is 18.1. The molecule has 1 aliphatic heterocycles. The van der Waals surface area contributed by atoms with Crippen LogP contribution in [0.2, 0.25) is 5.02 Å². The fourth-order valence-corrected chi connectivity index (χ4v) is 4.64. The summed E-state index contributed by atoms with van der Waals surface area (Å²) in [6, 6.07) is 23.7. The molecule has 0 fully saturated rings. The molecule has 0 radical (unpaired) electrons. The van der Waals surface area contributed by atoms with Crippen molar-refractivity contribution in [2.75, 3.05) is 5.32 Å². The van der Waals surface area contributed by atoms with Crippen LogP contribution in [0.3, 0.4) is 0 Å². The zero-order chi connectivity index (χ0) is 22.9. The predicted molar refractivity (Wildman–Crippen MR) is 129 cm³/mol. The molecule has 2 unspecified atom stereocenters. The van der Waals surface area contributed by atoms with Crippen molar-refractivity contribution in [2.45, 2.75) is 32.0 Å². The first-order valence-electron chi connectivity index (χ1n) is 10.9. The van der Waals surface area contributed by atoms with E-state index >= 15 is 0 Å². The van der Waals surface area contributed by atoms with Gasteiger partial charge in [-0.2, -0.15) is 0 Å². The Morgan fingerprint density at radius 1 is 1.03 bits per heavy atom. The van der Waals surface area contributed by atoms with Gasteiger partial charge >= 0.3 is 0 Å². The second-order valence-corrected chi connectivity index (χ2v) is 8.67. The number of halogens is 1. The third kappa shape index (κ3) is 4.10. The Morgan fingerprint density at radius 2 is 1.79 bits per heavy atom. The van der Waals surface area contributed by atoms with Crippen molar-refractivity contribution in [3.05, 3.63) is 95.3 Å². The van der Waals surface area contributed by atoms with E-state index in [0.29, 0.717) is 17.3 Å². The average Bonchev–Trinajstić information content (AvgIpc) is 3.20. The van der Waals surface area contributed by atoms with Crippen LogP contribution in [0, 0.1) is 0 Å². The number of benzene rings is 3. The molecule has 1 aromatic heterocycles. The summed E-state index contributed by atoms with van der Waals surface area (Å²) in [5.41, 5.74) is 3.30. The maximum atomic E-state index is 13.8. The number of carbonyl (C=O) groups is 2. The van der Waals surface area contributed by atoms with E-state index in [1.54, 1.807) is 24.3 Å². The van der Waals surface area contributed by atoms with Crippen LogP contribution in [0.4, 0.5) is 5.69 Å². The molecule has 3 aromatic carbocycles. The molecule has 4 aromatic rings. The maximum Gasteiger partial charge on any atom is 0.247 e. The van der Waals surface area contributed by atoms with Crippen LogP contribution < -0.4 is 5.32 Å². The van der Waals surface area contributed by atoms with Gasteiger partial charge in [0.1, 0.15) is 11.9 Å². The van der Waals surface area contributed by atoms with Crippen molar-refractivity contribution in [3.8, 4) is 0 Å². The summed E-state index contributed by atoms with van der Waals surface area (Å²) in [5, 5.41) is 3.40. The summed E-state index contributed by atoms with van der Waals surface area (Å²) >= 11 is 6.05. The van der Waals surface area contributed by atoms with Crippen molar-refractivity contribution in [1.29, 1.82) is 0 Å². The number of imidazole rings is 1. The fraction of sp³-hybridized carbons (Fsp3) is 0.192. The van der Waals surface area contributed by atoms with Gasteiger partial charge in [-0.1, -0.05) is 60.1 Å². The highest BCUT2D eigenvalue weighted by Gasteiger charge is 2.40. The number of aromatic nitrogens is 2. The highest BCUT2D eigenvalue weighted by atomic mass is 35.5. The largest absolute Gasteiger partial charge is 0.327 e. The lowest BCUT2D eigenvalue weighted by Crippen LogP contribution is -2.45. The number of fused-ring (bicyclic) bond motifs is 3. The Morgan fingerprint density at radius 3 is 2.58 bits per heavy atom. The van der Waals surface area contributed by atoms with Gasteiger partial charge in [0.2, 0.25) is 11.8 Å². The van der Waals surface area contributed by atoms with Crippen LogP contribution in [0.5, 0.6) is 0 Å². The summed E-state index contributed by atoms with van der Waals surface area (Å²) < 4.78 is 1.93. The molecule has 2 amide bonds. The molecule has 0 saturated carbocycles. The summed E-state index contributed by atoms with van der Waals surface area (Å²) in [5.74, 6) is 0.434. The minimum atomic E-state index is -0.688. The number of hydrogen-bond donors (Lipinski definition) is 1. The monoisotopic (exact) mass is 458 g/mol. The Bertz CT molecular complexity index is 1330. The molecular weight excluding hydrogens is 436 g/mol. The molecule has 0 saturated heterocycles. The van der Waals surface area contributed by atoms with Gasteiger partial charge in [-0.15, -0.1) is 0 Å². The Hall–Kier alpha value is -3.64. The lowest BCUT2D eigenvalue weighted by molar-refractivity contribution is -0.142. The second kappa shape index (κ2) is 8.71. The molecule has 0 spiro atoms. The van der Waals surface area contributed by atoms with Gasteiger partial charge in [0.05, 0.1) is 23.5 Å². The number of para-hydroxylation sites is 2. The van der Waals surface area contributed by atoms with Gasteiger partial charge in [0, 0.05) is 17.3 Å². The van der Waals surface area contributed by atoms with Crippen LogP contribution in [-0.4, -0.2) is 26.3 Å². The average molecular weight is 459 g/mol. The van der Waals surface area contributed by atoms with E-state index < -0.39 is 6.04 Å². The van der Waals surface area contributed by atoms with E-state index in [-0.39, 0.29) is 24.3 Å². The van der Waals surface area contributed by atoms with E-state index in [1.807, 2.05) is 71.0 Å². The number of carbonyl (C=O) groups excluding carboxylic acids is 2. The van der Waals surface area contributed by atoms with Gasteiger partial charge in [-0.25, -0.2) is 4.98 Å². The van der Waals surface area contributed by atoms with Crippen LogP contribution in [0.1, 0.15) is 36.8 Å². The Balaban J connectivity index is 1.51. The van der Waals surface area contributed by atoms with E-state index in [4.69, 9.17) is 16.6 Å². The minimum absolute atomic E-state index is 0.00326. The number of hydrogen-bond acceptors (Lipinski definition) is 3. The van der Waals surface area contributed by atoms with E-state index in [2.05, 4.69) is 5.32 Å². The van der Waals surface area contributed by atoms with Crippen LogP contribution >= 0.6 is 11.6 Å². The first-order chi connectivity index (χ1) is 16.0. The highest BCUT2D eigenvalue weighted by Crippen LogP contribution is 2.37. The summed E-state index contributed by atoms with van der Waals surface area (Å²) in [7, 11) is 0. The quantitative estimate of drug-likeness (QED) is 0.437. The molecule has 5 rings (SSSR count). The Kier molecular flexibility index (Phi) is 5.60. The van der Waals surface area contributed by atoms with E-state index in [0.717, 1.165) is 22.4 Å². The smallest absolute Gasteiger partial charge is 0.247 e. The SMILES string of the molecule is CC1c2nc3ccccc3n2C(CC(=O)Nc2cccc(Cl)c2)C(=O)N1Cc1ccccc1. The molecule has 0 aliphatic carbocycles.